The molecule has 0 unspecified atom stereocenters. The number of carbonyl (C=O) groups is 1. The van der Waals surface area contributed by atoms with Crippen molar-refractivity contribution in [2.75, 3.05) is 6.54 Å². The minimum absolute atomic E-state index is 0.137. The van der Waals surface area contributed by atoms with Gasteiger partial charge in [0.15, 0.2) is 0 Å². The van der Waals surface area contributed by atoms with Crippen LogP contribution in [0, 0.1) is 15.5 Å². The molecule has 1 aromatic rings. The molecule has 0 heterocycles. The van der Waals surface area contributed by atoms with E-state index in [9.17, 15) is 14.9 Å². The molecule has 0 aromatic heterocycles. The molecular weight excluding hydrogens is 256 g/mol. The number of nitro groups is 1. The number of non-ortho nitro benzene ring substituents is 1. The highest BCUT2D eigenvalue weighted by atomic mass is 35.5. The lowest BCUT2D eigenvalue weighted by Gasteiger charge is -2.10. The standard InChI is InChI=1S/C12H13ClN2O3/c1-12(4-5-12)7-14-11(16)9-6-8(15(17)18)2-3-10(9)13/h2-3,6H,4-5,7H2,1H3,(H,14,16). The topological polar surface area (TPSA) is 72.2 Å². The molecule has 0 atom stereocenters. The fraction of sp³-hybridized carbons (Fsp3) is 0.417. The molecule has 0 radical (unpaired) electrons. The molecule has 0 bridgehead atoms. The molecular formula is C12H13ClN2O3. The summed E-state index contributed by atoms with van der Waals surface area (Å²) in [5, 5.41) is 13.6. The maximum Gasteiger partial charge on any atom is 0.270 e. The number of amides is 1. The third-order valence-corrected chi connectivity index (χ3v) is 3.51. The highest BCUT2D eigenvalue weighted by molar-refractivity contribution is 6.33. The summed E-state index contributed by atoms with van der Waals surface area (Å²) >= 11 is 5.88. The van der Waals surface area contributed by atoms with Gasteiger partial charge in [-0.2, -0.15) is 0 Å². The second-order valence-electron chi connectivity index (χ2n) is 4.91. The Bertz CT molecular complexity index is 512. The first-order chi connectivity index (χ1) is 8.41. The number of nitrogens with one attached hydrogen (secondary N) is 1. The van der Waals surface area contributed by atoms with Crippen LogP contribution in [0.15, 0.2) is 18.2 Å². The van der Waals surface area contributed by atoms with Crippen LogP contribution in [0.4, 0.5) is 5.69 Å². The predicted octanol–water partition coefficient (Wildman–Crippen LogP) is 2.78. The second-order valence-corrected chi connectivity index (χ2v) is 5.32. The van der Waals surface area contributed by atoms with Gasteiger partial charge in [0.1, 0.15) is 0 Å². The van der Waals surface area contributed by atoms with E-state index in [4.69, 9.17) is 11.6 Å². The zero-order chi connectivity index (χ0) is 13.3. The van der Waals surface area contributed by atoms with Gasteiger partial charge in [-0.25, -0.2) is 0 Å². The normalized spacial score (nSPS) is 16.1. The average Bonchev–Trinajstić information content (AvgIpc) is 3.05. The van der Waals surface area contributed by atoms with Gasteiger partial charge in [-0.15, -0.1) is 0 Å². The van der Waals surface area contributed by atoms with E-state index in [-0.39, 0.29) is 27.6 Å². The number of hydrogen-bond donors (Lipinski definition) is 1. The molecule has 1 amide bonds. The molecule has 1 aliphatic carbocycles. The largest absolute Gasteiger partial charge is 0.351 e. The Hall–Kier alpha value is -1.62. The van der Waals surface area contributed by atoms with Crippen molar-refractivity contribution in [3.8, 4) is 0 Å². The Morgan fingerprint density at radius 3 is 2.78 bits per heavy atom. The van der Waals surface area contributed by atoms with Crippen LogP contribution in [0.25, 0.3) is 0 Å². The van der Waals surface area contributed by atoms with Gasteiger partial charge in [0.25, 0.3) is 11.6 Å². The number of nitrogens with zero attached hydrogens (tertiary/aromatic N) is 1. The predicted molar refractivity (Wildman–Crippen MR) is 67.8 cm³/mol. The van der Waals surface area contributed by atoms with Crippen LogP contribution in [-0.4, -0.2) is 17.4 Å². The maximum atomic E-state index is 11.9. The van der Waals surface area contributed by atoms with Crippen molar-refractivity contribution in [1.82, 2.24) is 5.32 Å². The van der Waals surface area contributed by atoms with Crippen LogP contribution in [0.1, 0.15) is 30.1 Å². The fourth-order valence-corrected chi connectivity index (χ4v) is 1.78. The van der Waals surface area contributed by atoms with Crippen LogP contribution in [-0.2, 0) is 0 Å². The number of carbonyl (C=O) groups excluding carboxylic acids is 1. The molecule has 1 aromatic carbocycles. The van der Waals surface area contributed by atoms with Crippen molar-refractivity contribution in [1.29, 1.82) is 0 Å². The second kappa shape index (κ2) is 4.57. The van der Waals surface area contributed by atoms with E-state index in [1.807, 2.05) is 0 Å². The zero-order valence-electron chi connectivity index (χ0n) is 9.90. The molecule has 0 aliphatic heterocycles. The number of hydrogen-bond acceptors (Lipinski definition) is 3. The number of rotatable bonds is 4. The molecule has 0 saturated heterocycles. The van der Waals surface area contributed by atoms with E-state index >= 15 is 0 Å². The molecule has 96 valence electrons. The van der Waals surface area contributed by atoms with Gasteiger partial charge in [0, 0.05) is 18.7 Å². The summed E-state index contributed by atoms with van der Waals surface area (Å²) in [7, 11) is 0. The lowest BCUT2D eigenvalue weighted by atomic mass is 10.1. The van der Waals surface area contributed by atoms with Crippen molar-refractivity contribution >= 4 is 23.2 Å². The van der Waals surface area contributed by atoms with Gasteiger partial charge in [0.05, 0.1) is 15.5 Å². The number of nitro benzene ring substituents is 1. The summed E-state index contributed by atoms with van der Waals surface area (Å²) in [5.41, 5.74) is 0.195. The summed E-state index contributed by atoms with van der Waals surface area (Å²) < 4.78 is 0. The first kappa shape index (κ1) is 12.8. The first-order valence-corrected chi connectivity index (χ1v) is 6.01. The lowest BCUT2D eigenvalue weighted by Crippen LogP contribution is -2.29. The highest BCUT2D eigenvalue weighted by Gasteiger charge is 2.37. The SMILES string of the molecule is CC1(CNC(=O)c2cc([N+](=O)[O-])ccc2Cl)CC1. The summed E-state index contributed by atoms with van der Waals surface area (Å²) in [5.74, 6) is -0.364. The summed E-state index contributed by atoms with van der Waals surface area (Å²) in [6.07, 6.45) is 2.19. The van der Waals surface area contributed by atoms with E-state index in [0.29, 0.717) is 6.54 Å². The van der Waals surface area contributed by atoms with E-state index in [2.05, 4.69) is 12.2 Å². The van der Waals surface area contributed by atoms with Crippen LogP contribution in [0.2, 0.25) is 5.02 Å². The molecule has 0 spiro atoms. The lowest BCUT2D eigenvalue weighted by molar-refractivity contribution is -0.384. The monoisotopic (exact) mass is 268 g/mol. The van der Waals surface area contributed by atoms with Crippen molar-refractivity contribution in [3.63, 3.8) is 0 Å². The van der Waals surface area contributed by atoms with Crippen molar-refractivity contribution in [3.05, 3.63) is 38.9 Å². The highest BCUT2D eigenvalue weighted by Crippen LogP contribution is 2.44. The van der Waals surface area contributed by atoms with Gasteiger partial charge < -0.3 is 5.32 Å². The van der Waals surface area contributed by atoms with Gasteiger partial charge >= 0.3 is 0 Å². The quantitative estimate of drug-likeness (QED) is 0.674. The minimum atomic E-state index is -0.546. The first-order valence-electron chi connectivity index (χ1n) is 5.63. The molecule has 1 N–H and O–H groups in total. The third-order valence-electron chi connectivity index (χ3n) is 3.18. The van der Waals surface area contributed by atoms with Crippen molar-refractivity contribution in [2.45, 2.75) is 19.8 Å². The molecule has 1 saturated carbocycles. The van der Waals surface area contributed by atoms with E-state index in [1.54, 1.807) is 0 Å². The van der Waals surface area contributed by atoms with E-state index < -0.39 is 4.92 Å². The van der Waals surface area contributed by atoms with Crippen LogP contribution in [0.5, 0.6) is 0 Å². The maximum absolute atomic E-state index is 11.9. The van der Waals surface area contributed by atoms with Gasteiger partial charge in [-0.05, 0) is 24.3 Å². The Balaban J connectivity index is 2.13. The van der Waals surface area contributed by atoms with Crippen molar-refractivity contribution in [2.24, 2.45) is 5.41 Å². The van der Waals surface area contributed by atoms with E-state index in [0.717, 1.165) is 12.8 Å². The smallest absolute Gasteiger partial charge is 0.270 e. The Morgan fingerprint density at radius 1 is 1.56 bits per heavy atom. The third kappa shape index (κ3) is 2.79. The van der Waals surface area contributed by atoms with Crippen LogP contribution in [0.3, 0.4) is 0 Å². The molecule has 2 rings (SSSR count). The van der Waals surface area contributed by atoms with Crippen LogP contribution >= 0.6 is 11.6 Å². The Morgan fingerprint density at radius 2 is 2.22 bits per heavy atom. The van der Waals surface area contributed by atoms with Gasteiger partial charge in [0.2, 0.25) is 0 Å². The number of benzene rings is 1. The summed E-state index contributed by atoms with van der Waals surface area (Å²) in [4.78, 5) is 22.0. The molecule has 5 nitrogen and oxygen atoms in total. The summed E-state index contributed by atoms with van der Waals surface area (Å²) in [6.45, 7) is 2.66. The molecule has 6 heteroatoms. The molecule has 18 heavy (non-hydrogen) atoms. The van der Waals surface area contributed by atoms with E-state index in [1.165, 1.54) is 18.2 Å². The average molecular weight is 269 g/mol. The van der Waals surface area contributed by atoms with Gasteiger partial charge in [-0.1, -0.05) is 18.5 Å². The summed E-state index contributed by atoms with van der Waals surface area (Å²) in [6, 6.07) is 3.85. The van der Waals surface area contributed by atoms with Gasteiger partial charge in [-0.3, -0.25) is 14.9 Å². The fourth-order valence-electron chi connectivity index (χ4n) is 1.58. The molecule has 1 fully saturated rings. The zero-order valence-corrected chi connectivity index (χ0v) is 10.7. The Kier molecular flexibility index (Phi) is 3.26. The number of halogens is 1. The molecule has 1 aliphatic rings. The van der Waals surface area contributed by atoms with Crippen molar-refractivity contribution < 1.29 is 9.72 Å². The minimum Gasteiger partial charge on any atom is -0.351 e. The Labute approximate surface area is 109 Å². The van der Waals surface area contributed by atoms with Crippen LogP contribution < -0.4 is 5.32 Å².